The average molecular weight is 824 g/mol. The number of hydrogen-bond acceptors (Lipinski definition) is 8. The summed E-state index contributed by atoms with van der Waals surface area (Å²) in [5.41, 5.74) is 11.2. The fourth-order valence-corrected chi connectivity index (χ4v) is 8.39. The van der Waals surface area contributed by atoms with Gasteiger partial charge in [0.1, 0.15) is 10.0 Å². The Bertz CT molecular complexity index is 2740. The molecule has 0 aliphatic carbocycles. The molecule has 0 amide bonds. The molecule has 0 atom stereocenters. The highest BCUT2D eigenvalue weighted by atomic mass is 79.9. The van der Waals surface area contributed by atoms with E-state index in [9.17, 15) is 0 Å². The smallest absolute Gasteiger partial charge is 0.143 e. The lowest BCUT2D eigenvalue weighted by Crippen LogP contribution is -2.09. The van der Waals surface area contributed by atoms with Gasteiger partial charge in [-0.25, -0.2) is 9.97 Å². The molecule has 6 nitrogen and oxygen atoms in total. The van der Waals surface area contributed by atoms with Gasteiger partial charge in [0, 0.05) is 56.8 Å². The first kappa shape index (κ1) is 35.3. The van der Waals surface area contributed by atoms with E-state index in [0.29, 0.717) is 0 Å². The fraction of sp³-hybridized carbons (Fsp3) is 0. The highest BCUT2D eigenvalue weighted by molar-refractivity contribution is 9.10. The Morgan fingerprint density at radius 2 is 0.804 bits per heavy atom. The second kappa shape index (κ2) is 16.1. The van der Waals surface area contributed by atoms with E-state index in [4.69, 9.17) is 15.0 Å². The third-order valence-electron chi connectivity index (χ3n) is 9.06. The number of para-hydroxylation sites is 4. The summed E-state index contributed by atoms with van der Waals surface area (Å²) >= 11 is 6.70. The molecule has 0 saturated heterocycles. The van der Waals surface area contributed by atoms with Crippen LogP contribution in [0.15, 0.2) is 193 Å². The van der Waals surface area contributed by atoms with Crippen molar-refractivity contribution < 1.29 is 0 Å². The van der Waals surface area contributed by atoms with Gasteiger partial charge in [0.15, 0.2) is 0 Å². The van der Waals surface area contributed by atoms with Crippen molar-refractivity contribution in [3.05, 3.63) is 193 Å². The summed E-state index contributed by atoms with van der Waals surface area (Å²) in [4.78, 5) is 25.3. The molecule has 10 aromatic rings. The summed E-state index contributed by atoms with van der Waals surface area (Å²) in [7, 11) is 0. The van der Waals surface area contributed by atoms with Crippen molar-refractivity contribution in [2.75, 3.05) is 4.90 Å². The second-order valence-corrected chi connectivity index (χ2v) is 15.7. The largest absolute Gasteiger partial charge is 0.311 e. The maximum absolute atomic E-state index is 4.77. The van der Waals surface area contributed by atoms with E-state index in [0.717, 1.165) is 76.4 Å². The monoisotopic (exact) mass is 822 g/mol. The Kier molecular flexibility index (Phi) is 10.2. The predicted octanol–water partition coefficient (Wildman–Crippen LogP) is 13.7. The normalized spacial score (nSPS) is 10.9. The van der Waals surface area contributed by atoms with E-state index in [1.807, 2.05) is 79.1 Å². The van der Waals surface area contributed by atoms with Gasteiger partial charge in [0.25, 0.3) is 0 Å². The van der Waals surface area contributed by atoms with Crippen molar-refractivity contribution in [3.63, 3.8) is 0 Å². The van der Waals surface area contributed by atoms with Gasteiger partial charge in [0.05, 0.1) is 37.5 Å². The molecule has 0 radical (unpaired) electrons. The summed E-state index contributed by atoms with van der Waals surface area (Å²) in [5.74, 6) is 0. The van der Waals surface area contributed by atoms with E-state index in [-0.39, 0.29) is 0 Å². The number of hydrogen-bond donors (Lipinski definition) is 0. The molecule has 0 unspecified atom stereocenters. The summed E-state index contributed by atoms with van der Waals surface area (Å²) < 4.78 is 3.35. The van der Waals surface area contributed by atoms with Crippen LogP contribution in [0.25, 0.3) is 64.2 Å². The topological polar surface area (TPSA) is 67.7 Å². The number of pyridine rings is 3. The van der Waals surface area contributed by atoms with Gasteiger partial charge in [-0.1, -0.05) is 84.9 Å². The minimum atomic E-state index is 0.884. The third kappa shape index (κ3) is 7.74. The summed E-state index contributed by atoms with van der Waals surface area (Å²) in [5, 5.41) is 1.90. The lowest BCUT2D eigenvalue weighted by Gasteiger charge is -2.25. The van der Waals surface area contributed by atoms with E-state index in [1.54, 1.807) is 28.9 Å². The van der Waals surface area contributed by atoms with Crippen molar-refractivity contribution >= 4 is 76.1 Å². The molecule has 268 valence electrons. The van der Waals surface area contributed by atoms with Crippen molar-refractivity contribution in [2.45, 2.75) is 0 Å². The number of nitrogens with zero attached hydrogens (tertiary/aromatic N) is 6. The minimum Gasteiger partial charge on any atom is -0.311 e. The van der Waals surface area contributed by atoms with Gasteiger partial charge >= 0.3 is 0 Å². The first-order valence-corrected chi connectivity index (χ1v) is 20.3. The summed E-state index contributed by atoms with van der Waals surface area (Å²) in [6.45, 7) is 0. The molecule has 0 fully saturated rings. The highest BCUT2D eigenvalue weighted by Gasteiger charge is 2.13. The number of halogens is 1. The average Bonchev–Trinajstić information content (AvgIpc) is 3.91. The van der Waals surface area contributed by atoms with E-state index in [1.165, 1.54) is 9.40 Å². The van der Waals surface area contributed by atoms with Crippen LogP contribution in [0.2, 0.25) is 0 Å². The molecule has 0 aliphatic heterocycles. The minimum absolute atomic E-state index is 0.884. The van der Waals surface area contributed by atoms with Gasteiger partial charge in [0.2, 0.25) is 0 Å². The SMILES string of the molecule is Brc1ccc(-c2nc3ccccc3s2)nc1.c1ccc(N(c2ccccc2)c2ccc(-c3ccc(-c4ccc(-c5nc6ccccc6s5)nc4)cn3)cc2)cc1. The second-order valence-electron chi connectivity index (χ2n) is 12.8. The van der Waals surface area contributed by atoms with E-state index >= 15 is 0 Å². The van der Waals surface area contributed by atoms with Crippen LogP contribution < -0.4 is 4.90 Å². The molecular formula is C47H31BrN6S2. The van der Waals surface area contributed by atoms with Crippen LogP contribution in [0.1, 0.15) is 0 Å². The van der Waals surface area contributed by atoms with Gasteiger partial charge in [-0.2, -0.15) is 0 Å². The molecule has 56 heavy (non-hydrogen) atoms. The molecule has 5 aromatic heterocycles. The maximum Gasteiger partial charge on any atom is 0.143 e. The quantitative estimate of drug-likeness (QED) is 0.159. The summed E-state index contributed by atoms with van der Waals surface area (Å²) in [6.07, 6.45) is 5.61. The van der Waals surface area contributed by atoms with Gasteiger partial charge in [-0.15, -0.1) is 22.7 Å². The molecule has 0 bridgehead atoms. The first-order chi connectivity index (χ1) is 27.6. The standard InChI is InChI=1S/C35H24N4S.C12H7BrN2S/c1-3-9-28(10-4-1)39(29-11-5-2-6-12-29)30-19-15-25(16-20-30)31-21-17-26(23-36-31)27-18-22-33(37-24-27)35-38-32-13-7-8-14-34(32)40-35;13-8-5-6-10(14-7-8)12-15-9-3-1-2-4-11(9)16-12/h1-24H;1-7H. The van der Waals surface area contributed by atoms with Crippen LogP contribution in [-0.2, 0) is 0 Å². The van der Waals surface area contributed by atoms with Crippen molar-refractivity contribution in [2.24, 2.45) is 0 Å². The summed E-state index contributed by atoms with van der Waals surface area (Å²) in [6, 6.07) is 57.9. The molecule has 0 spiro atoms. The third-order valence-corrected chi connectivity index (χ3v) is 11.7. The number of benzene rings is 5. The molecule has 0 aliphatic rings. The zero-order chi connectivity index (χ0) is 37.7. The number of fused-ring (bicyclic) bond motifs is 2. The maximum atomic E-state index is 4.77. The molecule has 0 saturated carbocycles. The Hall–Kier alpha value is -6.39. The lowest BCUT2D eigenvalue weighted by molar-refractivity contribution is 1.27. The molecule has 5 heterocycles. The Morgan fingerprint density at radius 3 is 1.27 bits per heavy atom. The predicted molar refractivity (Wildman–Crippen MR) is 237 cm³/mol. The van der Waals surface area contributed by atoms with Gasteiger partial charge < -0.3 is 4.90 Å². The van der Waals surface area contributed by atoms with Crippen LogP contribution in [0.5, 0.6) is 0 Å². The van der Waals surface area contributed by atoms with Crippen LogP contribution in [0, 0.1) is 0 Å². The zero-order valence-electron chi connectivity index (χ0n) is 29.8. The van der Waals surface area contributed by atoms with Crippen LogP contribution in [0.3, 0.4) is 0 Å². The van der Waals surface area contributed by atoms with Crippen LogP contribution in [0.4, 0.5) is 17.1 Å². The first-order valence-electron chi connectivity index (χ1n) is 17.9. The molecule has 9 heteroatoms. The van der Waals surface area contributed by atoms with Crippen molar-refractivity contribution in [1.82, 2.24) is 24.9 Å². The molecule has 5 aromatic carbocycles. The molecular weight excluding hydrogens is 793 g/mol. The number of aromatic nitrogens is 5. The van der Waals surface area contributed by atoms with E-state index < -0.39 is 0 Å². The number of anilines is 3. The lowest BCUT2D eigenvalue weighted by atomic mass is 10.1. The van der Waals surface area contributed by atoms with E-state index in [2.05, 4.69) is 134 Å². The molecule has 10 rings (SSSR count). The Balaban J connectivity index is 0.000000213. The van der Waals surface area contributed by atoms with Gasteiger partial charge in [-0.05, 0) is 101 Å². The van der Waals surface area contributed by atoms with Crippen LogP contribution >= 0.6 is 38.6 Å². The highest BCUT2D eigenvalue weighted by Crippen LogP contribution is 2.36. The van der Waals surface area contributed by atoms with Crippen molar-refractivity contribution in [3.8, 4) is 43.8 Å². The Labute approximate surface area is 340 Å². The van der Waals surface area contributed by atoms with Gasteiger partial charge in [-0.3, -0.25) is 15.0 Å². The molecule has 0 N–H and O–H groups in total. The number of thiazole rings is 2. The van der Waals surface area contributed by atoms with Crippen molar-refractivity contribution in [1.29, 1.82) is 0 Å². The zero-order valence-corrected chi connectivity index (χ0v) is 33.0. The Morgan fingerprint density at radius 1 is 0.375 bits per heavy atom. The number of rotatable bonds is 7. The van der Waals surface area contributed by atoms with Crippen LogP contribution in [-0.4, -0.2) is 24.9 Å². The fourth-order valence-electron chi connectivity index (χ4n) is 6.27.